The van der Waals surface area contributed by atoms with Gasteiger partial charge in [-0.15, -0.1) is 0 Å². The van der Waals surface area contributed by atoms with Crippen molar-refractivity contribution in [1.82, 2.24) is 19.9 Å². The first-order valence-corrected chi connectivity index (χ1v) is 9.51. The van der Waals surface area contributed by atoms with Crippen molar-refractivity contribution in [3.63, 3.8) is 0 Å². The number of carbonyl (C=O) groups is 1. The lowest BCUT2D eigenvalue weighted by atomic mass is 10.1. The predicted octanol–water partition coefficient (Wildman–Crippen LogP) is 3.88. The van der Waals surface area contributed by atoms with E-state index in [2.05, 4.69) is 20.6 Å². The van der Waals surface area contributed by atoms with Gasteiger partial charge < -0.3 is 14.6 Å². The van der Waals surface area contributed by atoms with Crippen molar-refractivity contribution in [3.05, 3.63) is 88.5 Å². The molecule has 0 aliphatic heterocycles. The summed E-state index contributed by atoms with van der Waals surface area (Å²) in [5.41, 5.74) is 3.07. The third-order valence-corrected chi connectivity index (χ3v) is 4.59. The summed E-state index contributed by atoms with van der Waals surface area (Å²) in [6.45, 7) is 0.249. The van der Waals surface area contributed by atoms with Gasteiger partial charge in [0.05, 0.1) is 16.8 Å². The molecule has 0 fully saturated rings. The largest absolute Gasteiger partial charge is 0.473 e. The Bertz CT molecular complexity index is 1140. The third-order valence-electron chi connectivity index (χ3n) is 4.34. The fourth-order valence-corrected chi connectivity index (χ4v) is 2.89. The van der Waals surface area contributed by atoms with Gasteiger partial charge in [-0.2, -0.15) is 5.10 Å². The number of aromatic nitrogens is 4. The molecule has 3 aromatic heterocycles. The van der Waals surface area contributed by atoms with Crippen molar-refractivity contribution < 1.29 is 14.1 Å². The lowest BCUT2D eigenvalue weighted by Crippen LogP contribution is -2.13. The average molecular weight is 424 g/mol. The number of nitrogens with one attached hydrogen (secondary N) is 1. The van der Waals surface area contributed by atoms with Crippen LogP contribution in [0.1, 0.15) is 27.2 Å². The number of anilines is 1. The molecule has 0 aliphatic carbocycles. The van der Waals surface area contributed by atoms with Crippen LogP contribution in [0.4, 0.5) is 5.82 Å². The van der Waals surface area contributed by atoms with Crippen LogP contribution in [0.5, 0.6) is 5.88 Å². The van der Waals surface area contributed by atoms with Crippen LogP contribution in [0, 0.1) is 0 Å². The normalized spacial score (nSPS) is 10.7. The first kappa shape index (κ1) is 19.7. The molecule has 4 aromatic rings. The molecule has 0 saturated heterocycles. The molecule has 1 N–H and O–H groups in total. The van der Waals surface area contributed by atoms with Crippen molar-refractivity contribution in [2.75, 3.05) is 5.32 Å². The highest BCUT2D eigenvalue weighted by molar-refractivity contribution is 6.30. The van der Waals surface area contributed by atoms with Crippen molar-refractivity contribution in [2.24, 2.45) is 7.05 Å². The second-order valence-electron chi connectivity index (χ2n) is 6.59. The minimum Gasteiger partial charge on any atom is -0.473 e. The van der Waals surface area contributed by atoms with E-state index >= 15 is 0 Å². The minimum absolute atomic E-state index is 0.249. The van der Waals surface area contributed by atoms with Gasteiger partial charge in [-0.1, -0.05) is 28.9 Å². The highest BCUT2D eigenvalue weighted by atomic mass is 35.5. The molecule has 0 saturated carbocycles. The lowest BCUT2D eigenvalue weighted by Gasteiger charge is -2.06. The smallest absolute Gasteiger partial charge is 0.258 e. The maximum Gasteiger partial charge on any atom is 0.258 e. The molecule has 9 heteroatoms. The summed E-state index contributed by atoms with van der Waals surface area (Å²) in [7, 11) is 1.78. The van der Waals surface area contributed by atoms with Gasteiger partial charge in [0.25, 0.3) is 5.91 Å². The molecular formula is C21H18ClN5O3. The van der Waals surface area contributed by atoms with Crippen LogP contribution < -0.4 is 10.1 Å². The van der Waals surface area contributed by atoms with E-state index in [0.717, 1.165) is 16.8 Å². The van der Waals surface area contributed by atoms with E-state index in [1.54, 1.807) is 42.4 Å². The Balaban J connectivity index is 1.35. The summed E-state index contributed by atoms with van der Waals surface area (Å²) < 4.78 is 12.4. The van der Waals surface area contributed by atoms with Gasteiger partial charge >= 0.3 is 0 Å². The monoisotopic (exact) mass is 423 g/mol. The van der Waals surface area contributed by atoms with E-state index in [0.29, 0.717) is 28.7 Å². The summed E-state index contributed by atoms with van der Waals surface area (Å²) in [6, 6.07) is 12.5. The molecule has 152 valence electrons. The Kier molecular flexibility index (Phi) is 5.76. The molecule has 1 amide bonds. The minimum atomic E-state index is -0.294. The second kappa shape index (κ2) is 8.79. The predicted molar refractivity (Wildman–Crippen MR) is 110 cm³/mol. The third kappa shape index (κ3) is 4.84. The molecule has 1 aromatic carbocycles. The van der Waals surface area contributed by atoms with E-state index in [9.17, 15) is 4.79 Å². The van der Waals surface area contributed by atoms with Gasteiger partial charge in [0.1, 0.15) is 12.9 Å². The maximum atomic E-state index is 12.2. The lowest BCUT2D eigenvalue weighted by molar-refractivity contribution is 0.102. The summed E-state index contributed by atoms with van der Waals surface area (Å²) in [5.74, 6) is 0.573. The van der Waals surface area contributed by atoms with Gasteiger partial charge in [0.2, 0.25) is 5.88 Å². The van der Waals surface area contributed by atoms with Crippen molar-refractivity contribution in [2.45, 2.75) is 13.0 Å². The highest BCUT2D eigenvalue weighted by Gasteiger charge is 2.12. The number of hydrogen-bond donors (Lipinski definition) is 1. The van der Waals surface area contributed by atoms with E-state index in [-0.39, 0.29) is 12.5 Å². The van der Waals surface area contributed by atoms with Crippen LogP contribution in [0.3, 0.4) is 0 Å². The van der Waals surface area contributed by atoms with Gasteiger partial charge in [-0.25, -0.2) is 4.98 Å². The number of carbonyl (C=O) groups excluding carboxylic acids is 1. The van der Waals surface area contributed by atoms with Crippen LogP contribution in [0.2, 0.25) is 5.02 Å². The molecule has 4 rings (SSSR count). The van der Waals surface area contributed by atoms with Crippen LogP contribution in [-0.2, 0) is 20.1 Å². The molecule has 0 radical (unpaired) electrons. The SMILES string of the molecule is Cn1ccc(NC(=O)c2ccc(OCc3conc3Cc3ccc(Cl)cc3)nc2)n1. The summed E-state index contributed by atoms with van der Waals surface area (Å²) >= 11 is 5.92. The number of hydrogen-bond acceptors (Lipinski definition) is 6. The topological polar surface area (TPSA) is 95.1 Å². The number of aryl methyl sites for hydroxylation is 1. The zero-order valence-electron chi connectivity index (χ0n) is 16.1. The van der Waals surface area contributed by atoms with Crippen molar-refractivity contribution in [1.29, 1.82) is 0 Å². The molecule has 8 nitrogen and oxygen atoms in total. The number of amides is 1. The second-order valence-corrected chi connectivity index (χ2v) is 7.03. The molecule has 0 bridgehead atoms. The number of ether oxygens (including phenoxy) is 1. The number of rotatable bonds is 7. The van der Waals surface area contributed by atoms with E-state index in [4.69, 9.17) is 20.9 Å². The fourth-order valence-electron chi connectivity index (χ4n) is 2.76. The Morgan fingerprint density at radius 3 is 2.73 bits per heavy atom. The fraction of sp³-hybridized carbons (Fsp3) is 0.143. The number of benzene rings is 1. The quantitative estimate of drug-likeness (QED) is 0.484. The molecule has 3 heterocycles. The Morgan fingerprint density at radius 1 is 1.20 bits per heavy atom. The van der Waals surface area contributed by atoms with Crippen molar-refractivity contribution in [3.8, 4) is 5.88 Å². The van der Waals surface area contributed by atoms with Crippen LogP contribution >= 0.6 is 11.6 Å². The highest BCUT2D eigenvalue weighted by Crippen LogP contribution is 2.18. The number of halogens is 1. The van der Waals surface area contributed by atoms with Crippen LogP contribution in [0.25, 0.3) is 0 Å². The van der Waals surface area contributed by atoms with Gasteiger partial charge in [-0.05, 0) is 23.8 Å². The molecule has 0 atom stereocenters. The van der Waals surface area contributed by atoms with Crippen LogP contribution in [0.15, 0.2) is 65.6 Å². The first-order chi connectivity index (χ1) is 14.6. The molecular weight excluding hydrogens is 406 g/mol. The van der Waals surface area contributed by atoms with E-state index in [1.165, 1.54) is 6.20 Å². The molecule has 0 unspecified atom stereocenters. The first-order valence-electron chi connectivity index (χ1n) is 9.13. The van der Waals surface area contributed by atoms with E-state index in [1.807, 2.05) is 24.3 Å². The summed E-state index contributed by atoms with van der Waals surface area (Å²) in [5, 5.41) is 11.6. The summed E-state index contributed by atoms with van der Waals surface area (Å²) in [4.78, 5) is 16.4. The van der Waals surface area contributed by atoms with Gasteiger partial charge in [0.15, 0.2) is 5.82 Å². The zero-order valence-corrected chi connectivity index (χ0v) is 16.8. The molecule has 0 spiro atoms. The average Bonchev–Trinajstić information content (AvgIpc) is 3.37. The Hall–Kier alpha value is -3.65. The number of nitrogens with zero attached hydrogens (tertiary/aromatic N) is 4. The summed E-state index contributed by atoms with van der Waals surface area (Å²) in [6.07, 6.45) is 5.36. The Labute approximate surface area is 177 Å². The molecule has 0 aliphatic rings. The van der Waals surface area contributed by atoms with Gasteiger partial charge in [-0.3, -0.25) is 9.48 Å². The van der Waals surface area contributed by atoms with Crippen molar-refractivity contribution >= 4 is 23.3 Å². The number of pyridine rings is 1. The van der Waals surface area contributed by atoms with Crippen LogP contribution in [-0.4, -0.2) is 25.8 Å². The van der Waals surface area contributed by atoms with Gasteiger partial charge in [0, 0.05) is 43.0 Å². The maximum absolute atomic E-state index is 12.2. The molecule has 30 heavy (non-hydrogen) atoms. The van der Waals surface area contributed by atoms with E-state index < -0.39 is 0 Å². The standard InChI is InChI=1S/C21H18ClN5O3/c1-27-9-8-19(25-27)24-21(28)15-4-7-20(23-11-15)29-12-16-13-30-26-18(16)10-14-2-5-17(22)6-3-14/h2-9,11,13H,10,12H2,1H3,(H,24,25,28). The zero-order chi connectivity index (χ0) is 20.9. The Morgan fingerprint density at radius 2 is 2.03 bits per heavy atom.